The summed E-state index contributed by atoms with van der Waals surface area (Å²) in [7, 11) is 0. The summed E-state index contributed by atoms with van der Waals surface area (Å²) in [4.78, 5) is 0. The summed E-state index contributed by atoms with van der Waals surface area (Å²) in [5, 5.41) is 6.81. The van der Waals surface area contributed by atoms with Crippen LogP contribution in [0, 0.1) is 24.7 Å². The predicted molar refractivity (Wildman–Crippen MR) is 153 cm³/mol. The molecule has 0 aromatic heterocycles. The minimum absolute atomic E-state index is 0.859. The number of hydrogen-bond donors (Lipinski definition) is 2. The van der Waals surface area contributed by atoms with Crippen molar-refractivity contribution in [3.63, 3.8) is 0 Å². The summed E-state index contributed by atoms with van der Waals surface area (Å²) in [5.41, 5.74) is 10.4. The van der Waals surface area contributed by atoms with Crippen LogP contribution in [0.25, 0.3) is 22.3 Å². The third-order valence-electron chi connectivity index (χ3n) is 5.96. The van der Waals surface area contributed by atoms with Crippen LogP contribution in [0.5, 0.6) is 0 Å². The van der Waals surface area contributed by atoms with Gasteiger partial charge in [-0.1, -0.05) is 72.5 Å². The molecular weight excluding hydrogens is 436 g/mol. The molecule has 0 aliphatic heterocycles. The molecule has 2 heteroatoms. The van der Waals surface area contributed by atoms with Gasteiger partial charge in [0.2, 0.25) is 0 Å². The summed E-state index contributed by atoms with van der Waals surface area (Å²) in [6, 6.07) is 41.1. The van der Waals surface area contributed by atoms with Crippen molar-refractivity contribution in [3.05, 3.63) is 132 Å². The van der Waals surface area contributed by atoms with Crippen LogP contribution in [0.3, 0.4) is 0 Å². The Hall–Kier alpha value is -5.18. The highest BCUT2D eigenvalue weighted by Crippen LogP contribution is 2.28. The zero-order valence-electron chi connectivity index (χ0n) is 19.7. The lowest BCUT2D eigenvalue weighted by atomic mass is 10.00. The van der Waals surface area contributed by atoms with E-state index in [2.05, 4.69) is 95.3 Å². The lowest BCUT2D eigenvalue weighted by molar-refractivity contribution is 1.52. The lowest BCUT2D eigenvalue weighted by Crippen LogP contribution is -1.91. The Morgan fingerprint density at radius 1 is 0.389 bits per heavy atom. The Morgan fingerprint density at radius 2 is 0.722 bits per heavy atom. The Kier molecular flexibility index (Phi) is 6.53. The summed E-state index contributed by atoms with van der Waals surface area (Å²) >= 11 is 0. The number of rotatable bonds is 6. The smallest absolute Gasteiger partial charge is 0.0396 e. The third kappa shape index (κ3) is 5.31. The maximum absolute atomic E-state index is 5.50. The van der Waals surface area contributed by atoms with Crippen LogP contribution < -0.4 is 10.6 Å². The van der Waals surface area contributed by atoms with Gasteiger partial charge in [0.1, 0.15) is 0 Å². The van der Waals surface area contributed by atoms with Gasteiger partial charge < -0.3 is 10.6 Å². The zero-order valence-corrected chi connectivity index (χ0v) is 19.7. The standard InChI is InChI=1S/C34H24N2/c1-3-25-7-5-9-33(23-25)35-31-19-15-29(16-20-31)27-11-13-28(14-12-27)30-17-21-32(22-18-30)36-34-10-6-8-26(4-2)24-34/h1-2,5-24,35-36H. The second kappa shape index (κ2) is 10.4. The van der Waals surface area contributed by atoms with Gasteiger partial charge in [-0.2, -0.15) is 0 Å². The van der Waals surface area contributed by atoms with Crippen LogP contribution in [-0.2, 0) is 0 Å². The Bertz CT molecular complexity index is 1440. The van der Waals surface area contributed by atoms with E-state index in [0.717, 1.165) is 33.9 Å². The van der Waals surface area contributed by atoms with E-state index in [1.165, 1.54) is 22.3 Å². The van der Waals surface area contributed by atoms with Gasteiger partial charge >= 0.3 is 0 Å². The van der Waals surface area contributed by atoms with E-state index in [1.54, 1.807) is 0 Å². The normalized spacial score (nSPS) is 10.2. The molecule has 0 fully saturated rings. The molecule has 170 valence electrons. The van der Waals surface area contributed by atoms with Crippen molar-refractivity contribution in [2.24, 2.45) is 0 Å². The molecule has 0 aliphatic rings. The molecule has 2 N–H and O–H groups in total. The second-order valence-electron chi connectivity index (χ2n) is 8.43. The quantitative estimate of drug-likeness (QED) is 0.248. The summed E-state index contributed by atoms with van der Waals surface area (Å²) in [6.45, 7) is 0. The van der Waals surface area contributed by atoms with Crippen molar-refractivity contribution in [1.82, 2.24) is 0 Å². The first-order chi connectivity index (χ1) is 17.7. The fraction of sp³-hybridized carbons (Fsp3) is 0. The van der Waals surface area contributed by atoms with Crippen LogP contribution in [0.15, 0.2) is 121 Å². The fourth-order valence-corrected chi connectivity index (χ4v) is 4.05. The van der Waals surface area contributed by atoms with Crippen molar-refractivity contribution in [1.29, 1.82) is 0 Å². The van der Waals surface area contributed by atoms with Gasteiger partial charge in [0.15, 0.2) is 0 Å². The molecule has 36 heavy (non-hydrogen) atoms. The average molecular weight is 461 g/mol. The average Bonchev–Trinajstić information content (AvgIpc) is 2.94. The molecule has 0 atom stereocenters. The SMILES string of the molecule is C#Cc1cccc(Nc2ccc(-c3ccc(-c4ccc(Nc5cccc(C#C)c5)cc4)cc3)cc2)c1. The first-order valence-corrected chi connectivity index (χ1v) is 11.7. The molecule has 0 heterocycles. The van der Waals surface area contributed by atoms with Crippen LogP contribution in [0.4, 0.5) is 22.7 Å². The second-order valence-corrected chi connectivity index (χ2v) is 8.43. The number of hydrogen-bond acceptors (Lipinski definition) is 2. The van der Waals surface area contributed by atoms with E-state index >= 15 is 0 Å². The lowest BCUT2D eigenvalue weighted by Gasteiger charge is -2.10. The highest BCUT2D eigenvalue weighted by atomic mass is 14.9. The Balaban J connectivity index is 1.25. The van der Waals surface area contributed by atoms with Crippen LogP contribution in [-0.4, -0.2) is 0 Å². The van der Waals surface area contributed by atoms with Gasteiger partial charge in [-0.3, -0.25) is 0 Å². The molecule has 0 aliphatic carbocycles. The molecule has 0 saturated carbocycles. The Morgan fingerprint density at radius 3 is 1.06 bits per heavy atom. The first-order valence-electron chi connectivity index (χ1n) is 11.7. The van der Waals surface area contributed by atoms with E-state index in [4.69, 9.17) is 12.8 Å². The van der Waals surface area contributed by atoms with E-state index < -0.39 is 0 Å². The van der Waals surface area contributed by atoms with Crippen molar-refractivity contribution in [2.45, 2.75) is 0 Å². The minimum Gasteiger partial charge on any atom is -0.355 e. The highest BCUT2D eigenvalue weighted by Gasteiger charge is 2.03. The highest BCUT2D eigenvalue weighted by molar-refractivity contribution is 5.74. The van der Waals surface area contributed by atoms with E-state index in [9.17, 15) is 0 Å². The molecule has 0 saturated heterocycles. The summed E-state index contributed by atoms with van der Waals surface area (Å²) in [5.74, 6) is 5.33. The number of benzene rings is 5. The molecule has 5 aromatic carbocycles. The molecule has 0 bridgehead atoms. The fourth-order valence-electron chi connectivity index (χ4n) is 4.05. The van der Waals surface area contributed by atoms with Gasteiger partial charge in [-0.25, -0.2) is 0 Å². The number of anilines is 4. The van der Waals surface area contributed by atoms with Crippen LogP contribution >= 0.6 is 0 Å². The molecule has 5 rings (SSSR count). The summed E-state index contributed by atoms with van der Waals surface area (Å²) < 4.78 is 0. The van der Waals surface area contributed by atoms with Gasteiger partial charge in [0.25, 0.3) is 0 Å². The first kappa shape index (κ1) is 22.6. The predicted octanol–water partition coefficient (Wildman–Crippen LogP) is 8.47. The molecule has 2 nitrogen and oxygen atoms in total. The van der Waals surface area contributed by atoms with Crippen molar-refractivity contribution >= 4 is 22.7 Å². The van der Waals surface area contributed by atoms with Crippen molar-refractivity contribution in [3.8, 4) is 46.9 Å². The molecule has 5 aromatic rings. The molecule has 0 unspecified atom stereocenters. The van der Waals surface area contributed by atoms with Gasteiger partial charge in [-0.05, 0) is 82.9 Å². The van der Waals surface area contributed by atoms with E-state index in [0.29, 0.717) is 0 Å². The maximum Gasteiger partial charge on any atom is 0.0396 e. The monoisotopic (exact) mass is 460 g/mol. The Labute approximate surface area is 212 Å². The van der Waals surface area contributed by atoms with Gasteiger partial charge in [0.05, 0.1) is 0 Å². The van der Waals surface area contributed by atoms with Crippen LogP contribution in [0.2, 0.25) is 0 Å². The molecule has 0 radical (unpaired) electrons. The van der Waals surface area contributed by atoms with E-state index in [-0.39, 0.29) is 0 Å². The summed E-state index contributed by atoms with van der Waals surface area (Å²) in [6.07, 6.45) is 11.0. The zero-order chi connectivity index (χ0) is 24.7. The van der Waals surface area contributed by atoms with Gasteiger partial charge in [-0.15, -0.1) is 12.8 Å². The maximum atomic E-state index is 5.50. The molecule has 0 spiro atoms. The largest absolute Gasteiger partial charge is 0.355 e. The molecular formula is C34H24N2. The molecule has 0 amide bonds. The van der Waals surface area contributed by atoms with E-state index in [1.807, 2.05) is 48.5 Å². The van der Waals surface area contributed by atoms with Crippen LogP contribution in [0.1, 0.15) is 11.1 Å². The number of terminal acetylenes is 2. The van der Waals surface area contributed by atoms with Gasteiger partial charge in [0, 0.05) is 33.9 Å². The topological polar surface area (TPSA) is 24.1 Å². The number of nitrogens with one attached hydrogen (secondary N) is 2. The van der Waals surface area contributed by atoms with Crippen molar-refractivity contribution < 1.29 is 0 Å². The van der Waals surface area contributed by atoms with Crippen molar-refractivity contribution in [2.75, 3.05) is 10.6 Å². The third-order valence-corrected chi connectivity index (χ3v) is 5.96. The minimum atomic E-state index is 0.859.